The Balaban J connectivity index is 1.74. The molecule has 124 valence electrons. The van der Waals surface area contributed by atoms with Gasteiger partial charge in [-0.25, -0.2) is 14.5 Å². The van der Waals surface area contributed by atoms with Gasteiger partial charge in [0.05, 0.1) is 12.1 Å². The number of nitrogens with zero attached hydrogens (tertiary/aromatic N) is 2. The highest BCUT2D eigenvalue weighted by atomic mass is 16.2. The number of rotatable bonds is 2. The molecule has 1 aromatic rings. The fourth-order valence-corrected chi connectivity index (χ4v) is 3.84. The Bertz CT molecular complexity index is 569. The van der Waals surface area contributed by atoms with Gasteiger partial charge in [0.25, 0.3) is 0 Å². The topological polar surface area (TPSA) is 52.7 Å². The van der Waals surface area contributed by atoms with Crippen LogP contribution in [0.5, 0.6) is 0 Å². The summed E-state index contributed by atoms with van der Waals surface area (Å²) in [5.74, 6) is 0. The maximum absolute atomic E-state index is 12.6. The second-order valence-corrected chi connectivity index (χ2v) is 6.64. The van der Waals surface area contributed by atoms with Crippen molar-refractivity contribution in [1.29, 1.82) is 0 Å². The summed E-state index contributed by atoms with van der Waals surface area (Å²) in [6.45, 7) is 1.94. The van der Waals surface area contributed by atoms with E-state index in [1.807, 2.05) is 37.3 Å². The van der Waals surface area contributed by atoms with Gasteiger partial charge in [0, 0.05) is 13.1 Å². The standard InChI is InChI=1S/C18H25N3O2/c1-13-16(14-9-5-3-6-10-14)20(2)18(23)21(13)17(22)19-15-11-7-4-8-12-15/h3,5-6,9-10,13,15-16H,4,7-8,11-12H2,1-2H3,(H,19,22)/t13-,16+/m0/s1. The first kappa shape index (κ1) is 15.8. The first-order chi connectivity index (χ1) is 11.1. The van der Waals surface area contributed by atoms with Gasteiger partial charge in [-0.3, -0.25) is 0 Å². The van der Waals surface area contributed by atoms with Gasteiger partial charge in [-0.15, -0.1) is 0 Å². The van der Waals surface area contributed by atoms with E-state index in [2.05, 4.69) is 5.32 Å². The normalized spacial score (nSPS) is 25.7. The predicted octanol–water partition coefficient (Wildman–Crippen LogP) is 3.53. The third-order valence-corrected chi connectivity index (χ3v) is 5.08. The van der Waals surface area contributed by atoms with Gasteiger partial charge in [0.1, 0.15) is 0 Å². The minimum atomic E-state index is -0.250. The zero-order valence-electron chi connectivity index (χ0n) is 13.9. The first-order valence-electron chi connectivity index (χ1n) is 8.51. The lowest BCUT2D eigenvalue weighted by Crippen LogP contribution is -2.49. The largest absolute Gasteiger partial charge is 0.335 e. The number of benzene rings is 1. The van der Waals surface area contributed by atoms with E-state index < -0.39 is 0 Å². The van der Waals surface area contributed by atoms with Gasteiger partial charge in [0.15, 0.2) is 0 Å². The molecule has 4 amide bonds. The molecule has 1 saturated heterocycles. The lowest BCUT2D eigenvalue weighted by Gasteiger charge is -2.27. The van der Waals surface area contributed by atoms with Crippen LogP contribution in [-0.4, -0.2) is 41.0 Å². The summed E-state index contributed by atoms with van der Waals surface area (Å²) < 4.78 is 0. The van der Waals surface area contributed by atoms with Gasteiger partial charge in [-0.05, 0) is 25.3 Å². The zero-order chi connectivity index (χ0) is 16.4. The van der Waals surface area contributed by atoms with E-state index >= 15 is 0 Å². The van der Waals surface area contributed by atoms with Gasteiger partial charge in [0.2, 0.25) is 0 Å². The number of carbonyl (C=O) groups is 2. The molecule has 0 bridgehead atoms. The Kier molecular flexibility index (Phi) is 4.55. The Hall–Kier alpha value is -2.04. The molecule has 1 N–H and O–H groups in total. The number of urea groups is 2. The minimum absolute atomic E-state index is 0.0965. The monoisotopic (exact) mass is 315 g/mol. The van der Waals surface area contributed by atoms with Crippen molar-refractivity contribution < 1.29 is 9.59 Å². The number of hydrogen-bond donors (Lipinski definition) is 1. The molecule has 2 aliphatic rings. The lowest BCUT2D eigenvalue weighted by atomic mass is 9.95. The van der Waals surface area contributed by atoms with Crippen LogP contribution in [0.25, 0.3) is 0 Å². The summed E-state index contributed by atoms with van der Waals surface area (Å²) in [7, 11) is 1.77. The highest BCUT2D eigenvalue weighted by Crippen LogP contribution is 2.34. The van der Waals surface area contributed by atoms with Gasteiger partial charge >= 0.3 is 12.1 Å². The average molecular weight is 315 g/mol. The lowest BCUT2D eigenvalue weighted by molar-refractivity contribution is 0.179. The third kappa shape index (κ3) is 3.05. The van der Waals surface area contributed by atoms with Crippen LogP contribution in [0.4, 0.5) is 9.59 Å². The first-order valence-corrected chi connectivity index (χ1v) is 8.51. The van der Waals surface area contributed by atoms with Crippen molar-refractivity contribution in [2.45, 2.75) is 57.2 Å². The van der Waals surface area contributed by atoms with Crippen LogP contribution in [0.2, 0.25) is 0 Å². The van der Waals surface area contributed by atoms with E-state index in [1.165, 1.54) is 11.3 Å². The molecule has 0 aromatic heterocycles. The molecule has 23 heavy (non-hydrogen) atoms. The summed E-state index contributed by atoms with van der Waals surface area (Å²) in [4.78, 5) is 28.2. The van der Waals surface area contributed by atoms with E-state index in [-0.39, 0.29) is 30.2 Å². The number of hydrogen-bond acceptors (Lipinski definition) is 2. The molecule has 0 unspecified atom stereocenters. The molecule has 3 rings (SSSR count). The number of amides is 4. The Morgan fingerprint density at radius 1 is 1.13 bits per heavy atom. The summed E-state index contributed by atoms with van der Waals surface area (Å²) >= 11 is 0. The van der Waals surface area contributed by atoms with Crippen molar-refractivity contribution in [2.75, 3.05) is 7.05 Å². The zero-order valence-corrected chi connectivity index (χ0v) is 13.9. The van der Waals surface area contributed by atoms with Crippen LogP contribution in [0.1, 0.15) is 50.6 Å². The predicted molar refractivity (Wildman–Crippen MR) is 89.0 cm³/mol. The van der Waals surface area contributed by atoms with Crippen molar-refractivity contribution in [3.63, 3.8) is 0 Å². The fraction of sp³-hybridized carbons (Fsp3) is 0.556. The molecular weight excluding hydrogens is 290 g/mol. The quantitative estimate of drug-likeness (QED) is 0.908. The van der Waals surface area contributed by atoms with E-state index in [4.69, 9.17) is 0 Å². The molecule has 0 spiro atoms. The van der Waals surface area contributed by atoms with Gasteiger partial charge in [-0.1, -0.05) is 49.6 Å². The molecule has 5 nitrogen and oxygen atoms in total. The highest BCUT2D eigenvalue weighted by molar-refractivity contribution is 5.96. The van der Waals surface area contributed by atoms with E-state index in [1.54, 1.807) is 11.9 Å². The summed E-state index contributed by atoms with van der Waals surface area (Å²) in [6.07, 6.45) is 5.58. The molecule has 2 atom stereocenters. The maximum Gasteiger partial charge on any atom is 0.328 e. The Morgan fingerprint density at radius 2 is 1.78 bits per heavy atom. The van der Waals surface area contributed by atoms with Crippen LogP contribution in [0.15, 0.2) is 30.3 Å². The molecule has 1 aromatic carbocycles. The van der Waals surface area contributed by atoms with Crippen LogP contribution in [-0.2, 0) is 0 Å². The number of nitrogens with one attached hydrogen (secondary N) is 1. The SMILES string of the molecule is C[C@H]1[C@H](c2ccccc2)N(C)C(=O)N1C(=O)NC1CCCCC1. The number of imide groups is 1. The van der Waals surface area contributed by atoms with Gasteiger partial charge < -0.3 is 10.2 Å². The summed E-state index contributed by atoms with van der Waals surface area (Å²) in [5.41, 5.74) is 1.06. The molecule has 1 aliphatic carbocycles. The van der Waals surface area contributed by atoms with Gasteiger partial charge in [-0.2, -0.15) is 0 Å². The second kappa shape index (κ2) is 6.60. The molecule has 0 radical (unpaired) electrons. The Morgan fingerprint density at radius 3 is 2.43 bits per heavy atom. The summed E-state index contributed by atoms with van der Waals surface area (Å²) in [6, 6.07) is 9.35. The smallest absolute Gasteiger partial charge is 0.328 e. The highest BCUT2D eigenvalue weighted by Gasteiger charge is 2.45. The number of carbonyl (C=O) groups excluding carboxylic acids is 2. The fourth-order valence-electron chi connectivity index (χ4n) is 3.84. The molecule has 1 aliphatic heterocycles. The van der Waals surface area contributed by atoms with Crippen molar-refractivity contribution in [1.82, 2.24) is 15.1 Å². The van der Waals surface area contributed by atoms with Crippen molar-refractivity contribution in [3.05, 3.63) is 35.9 Å². The van der Waals surface area contributed by atoms with Crippen molar-refractivity contribution in [3.8, 4) is 0 Å². The van der Waals surface area contributed by atoms with E-state index in [9.17, 15) is 9.59 Å². The van der Waals surface area contributed by atoms with Crippen LogP contribution < -0.4 is 5.32 Å². The van der Waals surface area contributed by atoms with Crippen LogP contribution >= 0.6 is 0 Å². The molecule has 2 fully saturated rings. The molecular formula is C18H25N3O2. The molecule has 5 heteroatoms. The van der Waals surface area contributed by atoms with Crippen LogP contribution in [0, 0.1) is 0 Å². The summed E-state index contributed by atoms with van der Waals surface area (Å²) in [5, 5.41) is 3.05. The maximum atomic E-state index is 12.6. The minimum Gasteiger partial charge on any atom is -0.335 e. The average Bonchev–Trinajstić information content (AvgIpc) is 2.79. The molecule has 1 saturated carbocycles. The van der Waals surface area contributed by atoms with Crippen molar-refractivity contribution in [2.24, 2.45) is 0 Å². The van der Waals surface area contributed by atoms with E-state index in [0.29, 0.717) is 0 Å². The van der Waals surface area contributed by atoms with Crippen LogP contribution in [0.3, 0.4) is 0 Å². The van der Waals surface area contributed by atoms with E-state index in [0.717, 1.165) is 31.2 Å². The third-order valence-electron chi connectivity index (χ3n) is 5.08. The van der Waals surface area contributed by atoms with Crippen molar-refractivity contribution >= 4 is 12.1 Å². The molecule has 1 heterocycles. The second-order valence-electron chi connectivity index (χ2n) is 6.64. The number of likely N-dealkylation sites (N-methyl/N-ethyl adjacent to an activating group) is 1. The Labute approximate surface area is 137 Å².